The average Bonchev–Trinajstić information content (AvgIpc) is 2.14. The van der Waals surface area contributed by atoms with Gasteiger partial charge in [-0.05, 0) is 6.92 Å². The van der Waals surface area contributed by atoms with Crippen molar-refractivity contribution in [3.05, 3.63) is 0 Å². The van der Waals surface area contributed by atoms with Crippen LogP contribution in [-0.4, -0.2) is 30.4 Å². The van der Waals surface area contributed by atoms with Crippen molar-refractivity contribution in [2.45, 2.75) is 20.8 Å². The highest BCUT2D eigenvalue weighted by molar-refractivity contribution is 9.09. The molecule has 14 heavy (non-hydrogen) atoms. The van der Waals surface area contributed by atoms with Gasteiger partial charge in [-0.15, -0.1) is 0 Å². The Hall–Kier alpha value is -0.580. The third kappa shape index (κ3) is 4.60. The predicted molar refractivity (Wildman–Crippen MR) is 57.6 cm³/mol. The van der Waals surface area contributed by atoms with Gasteiger partial charge in [-0.3, -0.25) is 4.79 Å². The summed E-state index contributed by atoms with van der Waals surface area (Å²) < 4.78 is 4.68. The molecule has 4 nitrogen and oxygen atoms in total. The molecule has 0 unspecified atom stereocenters. The van der Waals surface area contributed by atoms with Crippen molar-refractivity contribution >= 4 is 27.8 Å². The van der Waals surface area contributed by atoms with Crippen molar-refractivity contribution in [3.63, 3.8) is 0 Å². The molecular weight excluding hydrogens is 250 g/mol. The lowest BCUT2D eigenvalue weighted by molar-refractivity contribution is -0.124. The van der Waals surface area contributed by atoms with Crippen LogP contribution >= 0.6 is 15.9 Å². The van der Waals surface area contributed by atoms with E-state index < -0.39 is 11.5 Å². The molecule has 0 radical (unpaired) electrons. The van der Waals surface area contributed by atoms with Crippen molar-refractivity contribution in [2.24, 2.45) is 5.41 Å². The minimum Gasteiger partial charge on any atom is -0.450 e. The maximum Gasteiger partial charge on any atom is 0.407 e. The lowest BCUT2D eigenvalue weighted by Crippen LogP contribution is -2.39. The van der Waals surface area contributed by atoms with Crippen LogP contribution in [0.3, 0.4) is 0 Å². The van der Waals surface area contributed by atoms with E-state index >= 15 is 0 Å². The molecule has 82 valence electrons. The highest BCUT2D eigenvalue weighted by Gasteiger charge is 2.26. The Balaban J connectivity index is 3.98. The van der Waals surface area contributed by atoms with Crippen LogP contribution < -0.4 is 5.32 Å². The number of ether oxygens (including phenoxy) is 1. The quantitative estimate of drug-likeness (QED) is 0.771. The maximum absolute atomic E-state index is 11.4. The number of alkyl carbamates (subject to hydrolysis) is 1. The summed E-state index contributed by atoms with van der Waals surface area (Å²) in [5.41, 5.74) is -0.559. The topological polar surface area (TPSA) is 55.4 Å². The molecule has 1 N–H and O–H groups in total. The molecular formula is C9H16BrNO3. The van der Waals surface area contributed by atoms with Crippen LogP contribution in [0.15, 0.2) is 0 Å². The van der Waals surface area contributed by atoms with E-state index in [9.17, 15) is 9.59 Å². The predicted octanol–water partition coefficient (Wildman–Crippen LogP) is 1.72. The molecule has 0 fully saturated rings. The Labute approximate surface area is 92.5 Å². The number of rotatable bonds is 5. The first-order valence-electron chi connectivity index (χ1n) is 4.44. The third-order valence-corrected chi connectivity index (χ3v) is 2.34. The van der Waals surface area contributed by atoms with Crippen LogP contribution in [0.1, 0.15) is 20.8 Å². The zero-order valence-corrected chi connectivity index (χ0v) is 10.3. The van der Waals surface area contributed by atoms with Gasteiger partial charge < -0.3 is 10.1 Å². The van der Waals surface area contributed by atoms with Crippen LogP contribution in [0.5, 0.6) is 0 Å². The van der Waals surface area contributed by atoms with Crippen molar-refractivity contribution in [1.82, 2.24) is 5.32 Å². The Morgan fingerprint density at radius 1 is 1.43 bits per heavy atom. The second-order valence-corrected chi connectivity index (χ2v) is 4.08. The van der Waals surface area contributed by atoms with Crippen LogP contribution in [0.25, 0.3) is 0 Å². The lowest BCUT2D eigenvalue weighted by Gasteiger charge is -2.21. The lowest BCUT2D eigenvalue weighted by atomic mass is 9.89. The summed E-state index contributed by atoms with van der Waals surface area (Å²) in [6.45, 7) is 5.91. The smallest absolute Gasteiger partial charge is 0.407 e. The van der Waals surface area contributed by atoms with Crippen LogP contribution in [0.4, 0.5) is 4.79 Å². The molecule has 0 saturated heterocycles. The van der Waals surface area contributed by atoms with Gasteiger partial charge in [-0.1, -0.05) is 29.8 Å². The fraction of sp³-hybridized carbons (Fsp3) is 0.778. The van der Waals surface area contributed by atoms with E-state index in [0.29, 0.717) is 11.9 Å². The number of carbonyl (C=O) groups is 2. The number of amides is 1. The van der Waals surface area contributed by atoms with E-state index in [-0.39, 0.29) is 12.3 Å². The first-order valence-corrected chi connectivity index (χ1v) is 5.56. The van der Waals surface area contributed by atoms with Gasteiger partial charge in [0.2, 0.25) is 0 Å². The van der Waals surface area contributed by atoms with E-state index in [0.717, 1.165) is 0 Å². The number of hydrogen-bond donors (Lipinski definition) is 1. The summed E-state index contributed by atoms with van der Waals surface area (Å²) >= 11 is 3.09. The van der Waals surface area contributed by atoms with E-state index in [2.05, 4.69) is 26.0 Å². The molecule has 0 aromatic rings. The molecule has 0 aliphatic carbocycles. The second kappa shape index (κ2) is 6.01. The standard InChI is InChI=1S/C9H16BrNO3/c1-4-14-8(13)11-6-9(2,3)7(12)5-10/h4-6H2,1-3H3,(H,11,13). The molecule has 0 aliphatic heterocycles. The molecule has 0 aromatic carbocycles. The number of alkyl halides is 1. The van der Waals surface area contributed by atoms with Crippen molar-refractivity contribution < 1.29 is 14.3 Å². The van der Waals surface area contributed by atoms with Gasteiger partial charge in [0.1, 0.15) is 0 Å². The minimum atomic E-state index is -0.559. The van der Waals surface area contributed by atoms with E-state index in [1.54, 1.807) is 20.8 Å². The van der Waals surface area contributed by atoms with E-state index in [1.165, 1.54) is 0 Å². The van der Waals surface area contributed by atoms with Crippen molar-refractivity contribution in [2.75, 3.05) is 18.5 Å². The van der Waals surface area contributed by atoms with Gasteiger partial charge in [0.05, 0.1) is 11.9 Å². The number of ketones is 1. The molecule has 1 amide bonds. The number of hydrogen-bond acceptors (Lipinski definition) is 3. The average molecular weight is 266 g/mol. The first-order chi connectivity index (χ1) is 6.44. The van der Waals surface area contributed by atoms with Crippen molar-refractivity contribution in [3.8, 4) is 0 Å². The van der Waals surface area contributed by atoms with E-state index in [1.807, 2.05) is 0 Å². The van der Waals surface area contributed by atoms with Gasteiger partial charge in [0.25, 0.3) is 0 Å². The Morgan fingerprint density at radius 2 is 2.00 bits per heavy atom. The van der Waals surface area contributed by atoms with Crippen molar-refractivity contribution in [1.29, 1.82) is 0 Å². The Bertz CT molecular complexity index is 216. The summed E-state index contributed by atoms with van der Waals surface area (Å²) in [7, 11) is 0. The summed E-state index contributed by atoms with van der Waals surface area (Å²) in [6, 6.07) is 0. The summed E-state index contributed by atoms with van der Waals surface area (Å²) in [5.74, 6) is 0.0503. The third-order valence-electron chi connectivity index (χ3n) is 1.83. The first kappa shape index (κ1) is 13.4. The summed E-state index contributed by atoms with van der Waals surface area (Å²) in [5, 5.41) is 2.83. The van der Waals surface area contributed by atoms with Gasteiger partial charge in [-0.2, -0.15) is 0 Å². The molecule has 0 aromatic heterocycles. The highest BCUT2D eigenvalue weighted by atomic mass is 79.9. The minimum absolute atomic E-state index is 0.0503. The highest BCUT2D eigenvalue weighted by Crippen LogP contribution is 2.16. The molecule has 0 heterocycles. The molecule has 0 rings (SSSR count). The Kier molecular flexibility index (Phi) is 5.76. The fourth-order valence-corrected chi connectivity index (χ4v) is 1.51. The molecule has 5 heteroatoms. The largest absolute Gasteiger partial charge is 0.450 e. The van der Waals surface area contributed by atoms with Gasteiger partial charge in [0.15, 0.2) is 5.78 Å². The second-order valence-electron chi connectivity index (χ2n) is 3.51. The maximum atomic E-state index is 11.4. The normalized spacial score (nSPS) is 10.9. The summed E-state index contributed by atoms with van der Waals surface area (Å²) in [4.78, 5) is 22.3. The number of carbonyl (C=O) groups excluding carboxylic acids is 2. The monoisotopic (exact) mass is 265 g/mol. The zero-order chi connectivity index (χ0) is 11.2. The zero-order valence-electron chi connectivity index (χ0n) is 8.72. The van der Waals surface area contributed by atoms with Crippen LogP contribution in [0.2, 0.25) is 0 Å². The Morgan fingerprint density at radius 3 is 2.43 bits per heavy atom. The molecule has 0 aliphatic rings. The summed E-state index contributed by atoms with van der Waals surface area (Å²) in [6.07, 6.45) is -0.483. The molecule has 0 saturated carbocycles. The van der Waals surface area contributed by atoms with Gasteiger partial charge >= 0.3 is 6.09 Å². The molecule has 0 atom stereocenters. The van der Waals surface area contributed by atoms with Crippen LogP contribution in [0, 0.1) is 5.41 Å². The van der Waals surface area contributed by atoms with Gasteiger partial charge in [-0.25, -0.2) is 4.79 Å². The van der Waals surface area contributed by atoms with Gasteiger partial charge in [0, 0.05) is 12.0 Å². The molecule has 0 bridgehead atoms. The number of nitrogens with one attached hydrogen (secondary N) is 1. The van der Waals surface area contributed by atoms with Crippen LogP contribution in [-0.2, 0) is 9.53 Å². The van der Waals surface area contributed by atoms with E-state index in [4.69, 9.17) is 0 Å². The fourth-order valence-electron chi connectivity index (χ4n) is 0.755. The molecule has 0 spiro atoms. The number of Topliss-reactive ketones (excluding diaryl/α,β-unsaturated/α-hetero) is 1. The SMILES string of the molecule is CCOC(=O)NCC(C)(C)C(=O)CBr. The number of halogens is 1.